The monoisotopic (exact) mass is 357 g/mol. The molecule has 0 fully saturated rings. The third-order valence-electron chi connectivity index (χ3n) is 4.18. The first-order valence-electron chi connectivity index (χ1n) is 7.95. The second kappa shape index (κ2) is 7.91. The SMILES string of the molecule is CCOC(=O)C1(CCCN(C)C)SC(C)(C)c2ccccc21.Cl. The molecule has 1 aliphatic heterocycles. The molecule has 3 nitrogen and oxygen atoms in total. The minimum absolute atomic E-state index is 0. The molecule has 0 radical (unpaired) electrons. The smallest absolute Gasteiger partial charge is 0.326 e. The van der Waals surface area contributed by atoms with Crippen molar-refractivity contribution in [2.75, 3.05) is 27.2 Å². The van der Waals surface area contributed by atoms with Gasteiger partial charge in [0.1, 0.15) is 4.75 Å². The van der Waals surface area contributed by atoms with Gasteiger partial charge in [-0.3, -0.25) is 4.79 Å². The molecule has 1 atom stereocenters. The number of halogens is 1. The van der Waals surface area contributed by atoms with Crippen molar-refractivity contribution in [2.45, 2.75) is 43.1 Å². The minimum Gasteiger partial charge on any atom is -0.465 e. The molecule has 0 bridgehead atoms. The van der Waals surface area contributed by atoms with Gasteiger partial charge in [-0.25, -0.2) is 0 Å². The fourth-order valence-electron chi connectivity index (χ4n) is 3.24. The van der Waals surface area contributed by atoms with Crippen molar-refractivity contribution in [3.05, 3.63) is 35.4 Å². The zero-order valence-corrected chi connectivity index (χ0v) is 16.4. The molecule has 0 saturated heterocycles. The van der Waals surface area contributed by atoms with Gasteiger partial charge in [0.05, 0.1) is 6.61 Å². The first-order valence-corrected chi connectivity index (χ1v) is 8.77. The van der Waals surface area contributed by atoms with E-state index in [4.69, 9.17) is 4.74 Å². The second-order valence-corrected chi connectivity index (χ2v) is 8.53. The summed E-state index contributed by atoms with van der Waals surface area (Å²) in [7, 11) is 4.13. The Morgan fingerprint density at radius 2 is 1.83 bits per heavy atom. The van der Waals surface area contributed by atoms with Crippen LogP contribution in [0.5, 0.6) is 0 Å². The Balaban J connectivity index is 0.00000264. The highest BCUT2D eigenvalue weighted by molar-refractivity contribution is 8.02. The van der Waals surface area contributed by atoms with Gasteiger partial charge in [0, 0.05) is 4.75 Å². The van der Waals surface area contributed by atoms with Crippen molar-refractivity contribution in [3.63, 3.8) is 0 Å². The van der Waals surface area contributed by atoms with Gasteiger partial charge in [-0.1, -0.05) is 24.3 Å². The summed E-state index contributed by atoms with van der Waals surface area (Å²) in [4.78, 5) is 15.0. The lowest BCUT2D eigenvalue weighted by atomic mass is 9.86. The molecule has 2 rings (SSSR count). The van der Waals surface area contributed by atoms with Gasteiger partial charge in [0.15, 0.2) is 0 Å². The highest BCUT2D eigenvalue weighted by Gasteiger charge is 2.53. The highest BCUT2D eigenvalue weighted by Crippen LogP contribution is 2.60. The fourth-order valence-corrected chi connectivity index (χ4v) is 5.07. The molecule has 0 spiro atoms. The van der Waals surface area contributed by atoms with Gasteiger partial charge in [0.25, 0.3) is 0 Å². The normalized spacial score (nSPS) is 21.7. The number of hydrogen-bond acceptors (Lipinski definition) is 4. The van der Waals surface area contributed by atoms with Crippen LogP contribution >= 0.6 is 24.2 Å². The quantitative estimate of drug-likeness (QED) is 0.714. The van der Waals surface area contributed by atoms with Gasteiger partial charge in [0.2, 0.25) is 0 Å². The van der Waals surface area contributed by atoms with Gasteiger partial charge in [-0.05, 0) is 65.4 Å². The molecule has 1 heterocycles. The van der Waals surface area contributed by atoms with Crippen LogP contribution in [0.4, 0.5) is 0 Å². The van der Waals surface area contributed by atoms with Gasteiger partial charge in [-0.2, -0.15) is 0 Å². The number of thioether (sulfide) groups is 1. The van der Waals surface area contributed by atoms with E-state index >= 15 is 0 Å². The van der Waals surface area contributed by atoms with E-state index in [1.54, 1.807) is 11.8 Å². The van der Waals surface area contributed by atoms with Crippen LogP contribution in [0, 0.1) is 0 Å². The van der Waals surface area contributed by atoms with E-state index in [0.717, 1.165) is 24.9 Å². The summed E-state index contributed by atoms with van der Waals surface area (Å²) in [6.45, 7) is 7.68. The molecule has 0 amide bonds. The van der Waals surface area contributed by atoms with Crippen LogP contribution in [0.1, 0.15) is 44.7 Å². The molecular formula is C18H28ClNO2S. The number of fused-ring (bicyclic) bond motifs is 1. The molecule has 23 heavy (non-hydrogen) atoms. The first kappa shape index (κ1) is 20.3. The average Bonchev–Trinajstić information content (AvgIpc) is 2.68. The maximum atomic E-state index is 12.8. The van der Waals surface area contributed by atoms with Crippen LogP contribution in [0.25, 0.3) is 0 Å². The average molecular weight is 358 g/mol. The standard InChI is InChI=1S/C18H27NO2S.ClH/c1-6-21-16(20)18(12-9-13-19(4)5)15-11-8-7-10-14(15)17(2,3)22-18;/h7-8,10-11H,6,9,12-13H2,1-5H3;1H. The summed E-state index contributed by atoms with van der Waals surface area (Å²) in [6, 6.07) is 8.34. The first-order chi connectivity index (χ1) is 10.3. The lowest BCUT2D eigenvalue weighted by Gasteiger charge is -2.29. The van der Waals surface area contributed by atoms with E-state index in [2.05, 4.69) is 51.0 Å². The molecular weight excluding hydrogens is 330 g/mol. The number of hydrogen-bond donors (Lipinski definition) is 0. The summed E-state index contributed by atoms with van der Waals surface area (Å²) < 4.78 is 4.83. The molecule has 1 aromatic rings. The summed E-state index contributed by atoms with van der Waals surface area (Å²) in [5.41, 5.74) is 2.40. The Morgan fingerprint density at radius 1 is 1.22 bits per heavy atom. The van der Waals surface area contributed by atoms with Crippen LogP contribution in [0.2, 0.25) is 0 Å². The fraction of sp³-hybridized carbons (Fsp3) is 0.611. The van der Waals surface area contributed by atoms with Gasteiger partial charge < -0.3 is 9.64 Å². The molecule has 1 aliphatic rings. The van der Waals surface area contributed by atoms with Gasteiger partial charge in [-0.15, -0.1) is 24.2 Å². The molecule has 0 aromatic heterocycles. The van der Waals surface area contributed by atoms with Crippen LogP contribution < -0.4 is 0 Å². The van der Waals surface area contributed by atoms with Crippen LogP contribution in [0.3, 0.4) is 0 Å². The third kappa shape index (κ3) is 4.04. The molecule has 5 heteroatoms. The van der Waals surface area contributed by atoms with E-state index in [1.807, 2.05) is 13.0 Å². The topological polar surface area (TPSA) is 29.5 Å². The Morgan fingerprint density at radius 3 is 2.39 bits per heavy atom. The predicted octanol–water partition coefficient (Wildman–Crippen LogP) is 4.19. The molecule has 130 valence electrons. The van der Waals surface area contributed by atoms with Crippen molar-refractivity contribution in [3.8, 4) is 0 Å². The Bertz CT molecular complexity index is 548. The summed E-state index contributed by atoms with van der Waals surface area (Å²) in [5.74, 6) is -0.0863. The predicted molar refractivity (Wildman–Crippen MR) is 100 cm³/mol. The lowest BCUT2D eigenvalue weighted by molar-refractivity contribution is -0.146. The zero-order valence-electron chi connectivity index (χ0n) is 14.7. The van der Waals surface area contributed by atoms with E-state index in [-0.39, 0.29) is 23.1 Å². The number of carbonyl (C=O) groups excluding carboxylic acids is 1. The second-order valence-electron chi connectivity index (χ2n) is 6.61. The molecule has 1 aromatic carbocycles. The van der Waals surface area contributed by atoms with Crippen LogP contribution in [-0.2, 0) is 19.0 Å². The number of nitrogens with zero attached hydrogens (tertiary/aromatic N) is 1. The maximum Gasteiger partial charge on any atom is 0.326 e. The molecule has 0 N–H and O–H groups in total. The van der Waals surface area contributed by atoms with E-state index in [1.165, 1.54) is 5.56 Å². The van der Waals surface area contributed by atoms with Crippen LogP contribution in [-0.4, -0.2) is 38.1 Å². The Hall–Kier alpha value is -0.710. The zero-order chi connectivity index (χ0) is 16.4. The number of rotatable bonds is 6. The third-order valence-corrected chi connectivity index (χ3v) is 5.85. The van der Waals surface area contributed by atoms with E-state index < -0.39 is 4.75 Å². The Kier molecular flexibility index (Phi) is 6.99. The minimum atomic E-state index is -0.563. The van der Waals surface area contributed by atoms with Crippen molar-refractivity contribution in [1.82, 2.24) is 4.90 Å². The number of ether oxygens (including phenoxy) is 1. The van der Waals surface area contributed by atoms with E-state index in [9.17, 15) is 4.79 Å². The number of esters is 1. The Labute approximate surface area is 150 Å². The lowest BCUT2D eigenvalue weighted by Crippen LogP contribution is -2.34. The summed E-state index contributed by atoms with van der Waals surface area (Å²) >= 11 is 1.75. The largest absolute Gasteiger partial charge is 0.465 e. The summed E-state index contributed by atoms with van der Waals surface area (Å²) in [5, 5.41) is 0. The van der Waals surface area contributed by atoms with E-state index in [0.29, 0.717) is 6.61 Å². The molecule has 1 unspecified atom stereocenters. The van der Waals surface area contributed by atoms with Crippen molar-refractivity contribution in [1.29, 1.82) is 0 Å². The maximum absolute atomic E-state index is 12.8. The number of benzene rings is 1. The van der Waals surface area contributed by atoms with Crippen molar-refractivity contribution in [2.24, 2.45) is 0 Å². The number of carbonyl (C=O) groups is 1. The van der Waals surface area contributed by atoms with Crippen molar-refractivity contribution < 1.29 is 9.53 Å². The summed E-state index contributed by atoms with van der Waals surface area (Å²) in [6.07, 6.45) is 1.79. The molecule has 0 aliphatic carbocycles. The van der Waals surface area contributed by atoms with Crippen molar-refractivity contribution >= 4 is 30.1 Å². The van der Waals surface area contributed by atoms with Gasteiger partial charge >= 0.3 is 5.97 Å². The highest BCUT2D eigenvalue weighted by atomic mass is 35.5. The molecule has 0 saturated carbocycles. The van der Waals surface area contributed by atoms with Crippen LogP contribution in [0.15, 0.2) is 24.3 Å².